The van der Waals surface area contributed by atoms with Gasteiger partial charge in [-0.15, -0.1) is 0 Å². The summed E-state index contributed by atoms with van der Waals surface area (Å²) in [7, 11) is 1.64. The molecule has 3 aromatic rings. The van der Waals surface area contributed by atoms with Crippen LogP contribution in [-0.4, -0.2) is 54.0 Å². The molecule has 1 aromatic heterocycles. The summed E-state index contributed by atoms with van der Waals surface area (Å²) in [6.07, 6.45) is 0. The molecule has 1 fully saturated rings. The van der Waals surface area contributed by atoms with Crippen molar-refractivity contribution in [3.8, 4) is 22.7 Å². The highest BCUT2D eigenvalue weighted by molar-refractivity contribution is 5.94. The number of nitrogens with zero attached hydrogens (tertiary/aromatic N) is 3. The van der Waals surface area contributed by atoms with Crippen LogP contribution in [0.2, 0.25) is 0 Å². The molecule has 0 spiro atoms. The number of methoxy groups -OCH3 is 1. The van der Waals surface area contributed by atoms with Gasteiger partial charge < -0.3 is 14.4 Å². The van der Waals surface area contributed by atoms with E-state index in [2.05, 4.69) is 18.2 Å². The Morgan fingerprint density at radius 3 is 2.45 bits per heavy atom. The lowest BCUT2D eigenvalue weighted by Crippen LogP contribution is -2.41. The van der Waals surface area contributed by atoms with E-state index in [1.807, 2.05) is 49.1 Å². The van der Waals surface area contributed by atoms with Crippen LogP contribution >= 0.6 is 0 Å². The van der Waals surface area contributed by atoms with E-state index in [4.69, 9.17) is 14.6 Å². The Morgan fingerprint density at radius 2 is 1.76 bits per heavy atom. The first-order valence-corrected chi connectivity index (χ1v) is 9.76. The number of hydrogen-bond acceptors (Lipinski definition) is 4. The van der Waals surface area contributed by atoms with Gasteiger partial charge in [-0.2, -0.15) is 5.10 Å². The first kappa shape index (κ1) is 19.2. The zero-order chi connectivity index (χ0) is 20.4. The maximum absolute atomic E-state index is 13.3. The minimum Gasteiger partial charge on any atom is -0.497 e. The fourth-order valence-corrected chi connectivity index (χ4v) is 3.50. The first-order chi connectivity index (χ1) is 14.1. The average Bonchev–Trinajstić information content (AvgIpc) is 3.20. The van der Waals surface area contributed by atoms with Gasteiger partial charge in [0, 0.05) is 18.7 Å². The summed E-state index contributed by atoms with van der Waals surface area (Å²) in [5, 5.41) is 4.82. The van der Waals surface area contributed by atoms with Crippen LogP contribution in [0.25, 0.3) is 16.9 Å². The molecule has 4 rings (SSSR count). The topological polar surface area (TPSA) is 56.6 Å². The van der Waals surface area contributed by atoms with Gasteiger partial charge in [-0.05, 0) is 61.4 Å². The van der Waals surface area contributed by atoms with Crippen molar-refractivity contribution in [2.45, 2.75) is 13.8 Å². The van der Waals surface area contributed by atoms with Crippen LogP contribution in [0.5, 0.6) is 5.75 Å². The number of carbonyl (C=O) groups is 1. The zero-order valence-corrected chi connectivity index (χ0v) is 17.0. The monoisotopic (exact) mass is 391 g/mol. The van der Waals surface area contributed by atoms with Crippen molar-refractivity contribution in [1.82, 2.24) is 14.7 Å². The lowest BCUT2D eigenvalue weighted by Gasteiger charge is -2.27. The molecule has 2 aromatic carbocycles. The van der Waals surface area contributed by atoms with Crippen LogP contribution in [0.1, 0.15) is 21.6 Å². The summed E-state index contributed by atoms with van der Waals surface area (Å²) in [5.41, 5.74) is 5.36. The Labute approximate surface area is 170 Å². The molecular weight excluding hydrogens is 366 g/mol. The first-order valence-electron chi connectivity index (χ1n) is 9.76. The molecule has 0 atom stereocenters. The van der Waals surface area contributed by atoms with E-state index in [9.17, 15) is 4.79 Å². The van der Waals surface area contributed by atoms with E-state index in [1.165, 1.54) is 0 Å². The molecule has 150 valence electrons. The summed E-state index contributed by atoms with van der Waals surface area (Å²) < 4.78 is 12.4. The second-order valence-corrected chi connectivity index (χ2v) is 7.25. The SMILES string of the molecule is COc1ccc(-c2cc(C(=O)N3CCOCC3)n(-c3cc(C)ccc3C)n2)cc1. The van der Waals surface area contributed by atoms with Gasteiger partial charge in [0.25, 0.3) is 5.91 Å². The number of benzene rings is 2. The van der Waals surface area contributed by atoms with Crippen molar-refractivity contribution < 1.29 is 14.3 Å². The second-order valence-electron chi connectivity index (χ2n) is 7.25. The van der Waals surface area contributed by atoms with Crippen LogP contribution in [0.3, 0.4) is 0 Å². The van der Waals surface area contributed by atoms with Crippen molar-refractivity contribution in [2.75, 3.05) is 33.4 Å². The predicted octanol–water partition coefficient (Wildman–Crippen LogP) is 3.64. The molecule has 6 heteroatoms. The van der Waals surface area contributed by atoms with Crippen molar-refractivity contribution in [1.29, 1.82) is 0 Å². The molecule has 0 bridgehead atoms. The van der Waals surface area contributed by atoms with E-state index in [0.717, 1.165) is 33.8 Å². The maximum Gasteiger partial charge on any atom is 0.272 e. The van der Waals surface area contributed by atoms with Crippen LogP contribution in [0.15, 0.2) is 48.5 Å². The number of amides is 1. The van der Waals surface area contributed by atoms with Gasteiger partial charge in [0.1, 0.15) is 11.4 Å². The normalized spacial score (nSPS) is 14.1. The quantitative estimate of drug-likeness (QED) is 0.681. The van der Waals surface area contributed by atoms with Gasteiger partial charge in [0.15, 0.2) is 0 Å². The molecule has 1 aliphatic heterocycles. The van der Waals surface area contributed by atoms with Crippen molar-refractivity contribution in [3.63, 3.8) is 0 Å². The third-order valence-electron chi connectivity index (χ3n) is 5.21. The molecule has 29 heavy (non-hydrogen) atoms. The van der Waals surface area contributed by atoms with E-state index in [0.29, 0.717) is 32.0 Å². The fourth-order valence-electron chi connectivity index (χ4n) is 3.50. The molecule has 0 N–H and O–H groups in total. The third-order valence-corrected chi connectivity index (χ3v) is 5.21. The Kier molecular flexibility index (Phi) is 5.36. The van der Waals surface area contributed by atoms with Gasteiger partial charge in [0.2, 0.25) is 0 Å². The minimum absolute atomic E-state index is 0.0264. The lowest BCUT2D eigenvalue weighted by atomic mass is 10.1. The number of carbonyl (C=O) groups excluding carboxylic acids is 1. The van der Waals surface area contributed by atoms with Gasteiger partial charge in [-0.1, -0.05) is 12.1 Å². The number of rotatable bonds is 4. The Hall–Kier alpha value is -3.12. The molecule has 6 nitrogen and oxygen atoms in total. The highest BCUT2D eigenvalue weighted by Gasteiger charge is 2.25. The molecule has 0 unspecified atom stereocenters. The number of aromatic nitrogens is 2. The van der Waals surface area contributed by atoms with Crippen LogP contribution < -0.4 is 4.74 Å². The highest BCUT2D eigenvalue weighted by Crippen LogP contribution is 2.26. The van der Waals surface area contributed by atoms with Crippen molar-refractivity contribution in [3.05, 3.63) is 65.4 Å². The van der Waals surface area contributed by atoms with E-state index in [1.54, 1.807) is 11.8 Å². The summed E-state index contributed by atoms with van der Waals surface area (Å²) in [5.74, 6) is 0.758. The average molecular weight is 391 g/mol. The van der Waals surface area contributed by atoms with Crippen molar-refractivity contribution in [2.24, 2.45) is 0 Å². The fraction of sp³-hybridized carbons (Fsp3) is 0.304. The van der Waals surface area contributed by atoms with Gasteiger partial charge in [-0.25, -0.2) is 4.68 Å². The zero-order valence-electron chi connectivity index (χ0n) is 17.0. The molecule has 0 radical (unpaired) electrons. The lowest BCUT2D eigenvalue weighted by molar-refractivity contribution is 0.0297. The van der Waals surface area contributed by atoms with Gasteiger partial charge >= 0.3 is 0 Å². The molecule has 0 saturated carbocycles. The van der Waals surface area contributed by atoms with Gasteiger partial charge in [-0.3, -0.25) is 4.79 Å². The van der Waals surface area contributed by atoms with E-state index >= 15 is 0 Å². The Balaban J connectivity index is 1.81. The van der Waals surface area contributed by atoms with Gasteiger partial charge in [0.05, 0.1) is 31.7 Å². The Bertz CT molecular complexity index is 1020. The van der Waals surface area contributed by atoms with Crippen molar-refractivity contribution >= 4 is 5.91 Å². The second kappa shape index (κ2) is 8.09. The van der Waals surface area contributed by atoms with Crippen LogP contribution in [0.4, 0.5) is 0 Å². The van der Waals surface area contributed by atoms with Crippen LogP contribution in [-0.2, 0) is 4.74 Å². The van der Waals surface area contributed by atoms with E-state index < -0.39 is 0 Å². The predicted molar refractivity (Wildman–Crippen MR) is 112 cm³/mol. The summed E-state index contributed by atoms with van der Waals surface area (Å²) in [6, 6.07) is 15.8. The van der Waals surface area contributed by atoms with E-state index in [-0.39, 0.29) is 5.91 Å². The molecule has 1 aliphatic rings. The summed E-state index contributed by atoms with van der Waals surface area (Å²) in [6.45, 7) is 6.39. The Morgan fingerprint density at radius 1 is 1.03 bits per heavy atom. The third kappa shape index (κ3) is 3.89. The smallest absolute Gasteiger partial charge is 0.272 e. The summed E-state index contributed by atoms with van der Waals surface area (Å²) >= 11 is 0. The molecule has 0 aliphatic carbocycles. The molecule has 1 amide bonds. The number of aryl methyl sites for hydroxylation is 2. The molecular formula is C23H25N3O3. The van der Waals surface area contributed by atoms with Crippen LogP contribution in [0, 0.1) is 13.8 Å². The number of hydrogen-bond donors (Lipinski definition) is 0. The number of ether oxygens (including phenoxy) is 2. The maximum atomic E-state index is 13.3. The molecule has 1 saturated heterocycles. The summed E-state index contributed by atoms with van der Waals surface area (Å²) in [4.78, 5) is 15.2. The molecule has 2 heterocycles. The minimum atomic E-state index is -0.0264. The standard InChI is InChI=1S/C23H25N3O3/c1-16-4-5-17(2)21(14-16)26-22(23(27)25-10-12-29-13-11-25)15-20(24-26)18-6-8-19(28-3)9-7-18/h4-9,14-15H,10-13H2,1-3H3. The highest BCUT2D eigenvalue weighted by atomic mass is 16.5. The number of morpholine rings is 1. The largest absolute Gasteiger partial charge is 0.497 e.